The third-order valence-electron chi connectivity index (χ3n) is 2.33. The van der Waals surface area contributed by atoms with Gasteiger partial charge in [0.2, 0.25) is 10.0 Å². The van der Waals surface area contributed by atoms with Crippen molar-refractivity contribution in [1.82, 2.24) is 4.72 Å². The first-order valence-electron chi connectivity index (χ1n) is 5.10. The summed E-state index contributed by atoms with van der Waals surface area (Å²) in [4.78, 5) is 0. The second-order valence-electron chi connectivity index (χ2n) is 3.59. The molecule has 0 saturated heterocycles. The molecule has 6 heteroatoms. The van der Waals surface area contributed by atoms with Gasteiger partial charge in [-0.15, -0.1) is 0 Å². The minimum Gasteiger partial charge on any atom is -0.377 e. The minimum atomic E-state index is -3.42. The molecule has 0 aromatic rings. The molecule has 0 unspecified atom stereocenters. The zero-order valence-electron chi connectivity index (χ0n) is 8.61. The maximum absolute atomic E-state index is 11.0. The summed E-state index contributed by atoms with van der Waals surface area (Å²) in [5.41, 5.74) is 0. The van der Waals surface area contributed by atoms with Crippen LogP contribution in [0.5, 0.6) is 0 Å². The Morgan fingerprint density at radius 3 is 2.67 bits per heavy atom. The Morgan fingerprint density at radius 1 is 1.40 bits per heavy atom. The molecule has 0 spiro atoms. The van der Waals surface area contributed by atoms with E-state index in [0.29, 0.717) is 12.7 Å². The van der Waals surface area contributed by atoms with Gasteiger partial charge in [0, 0.05) is 6.54 Å². The monoisotopic (exact) mass is 232 g/mol. The fourth-order valence-corrected chi connectivity index (χ4v) is 2.28. The van der Waals surface area contributed by atoms with Gasteiger partial charge in [0.1, 0.15) is 0 Å². The van der Waals surface area contributed by atoms with Gasteiger partial charge < -0.3 is 4.74 Å². The van der Waals surface area contributed by atoms with Crippen molar-refractivity contribution >= 4 is 10.0 Å². The van der Waals surface area contributed by atoms with Gasteiger partial charge in [-0.2, -0.15) is 5.26 Å². The van der Waals surface area contributed by atoms with Crippen molar-refractivity contribution in [2.45, 2.75) is 31.8 Å². The van der Waals surface area contributed by atoms with Crippen molar-refractivity contribution in [3.8, 4) is 6.07 Å². The molecule has 5 nitrogen and oxygen atoms in total. The lowest BCUT2D eigenvalue weighted by Gasteiger charge is -2.10. The molecule has 0 atom stereocenters. The minimum absolute atomic E-state index is 0.251. The van der Waals surface area contributed by atoms with Crippen LogP contribution in [0.3, 0.4) is 0 Å². The number of nitrogens with zero attached hydrogens (tertiary/aromatic N) is 1. The normalized spacial score (nSPS) is 17.8. The Morgan fingerprint density at radius 2 is 2.07 bits per heavy atom. The summed E-state index contributed by atoms with van der Waals surface area (Å²) < 4.78 is 29.9. The van der Waals surface area contributed by atoms with Crippen LogP contribution in [0.2, 0.25) is 0 Å². The van der Waals surface area contributed by atoms with Crippen LogP contribution in [0, 0.1) is 11.3 Å². The predicted octanol–water partition coefficient (Wildman–Crippen LogP) is 0.389. The van der Waals surface area contributed by atoms with Crippen LogP contribution in [0.15, 0.2) is 0 Å². The van der Waals surface area contributed by atoms with Crippen molar-refractivity contribution in [2.24, 2.45) is 0 Å². The first kappa shape index (κ1) is 12.4. The molecule has 1 fully saturated rings. The van der Waals surface area contributed by atoms with E-state index in [1.807, 2.05) is 0 Å². The van der Waals surface area contributed by atoms with Crippen molar-refractivity contribution in [3.05, 3.63) is 0 Å². The molecule has 1 rings (SSSR count). The van der Waals surface area contributed by atoms with E-state index >= 15 is 0 Å². The Labute approximate surface area is 90.5 Å². The lowest BCUT2D eigenvalue weighted by Crippen LogP contribution is -2.30. The van der Waals surface area contributed by atoms with Crippen molar-refractivity contribution in [3.63, 3.8) is 0 Å². The molecule has 1 aliphatic carbocycles. The fourth-order valence-electron chi connectivity index (χ4n) is 1.61. The molecule has 0 bridgehead atoms. The number of hydrogen-bond acceptors (Lipinski definition) is 4. The molecule has 0 aliphatic heterocycles. The average molecular weight is 232 g/mol. The van der Waals surface area contributed by atoms with Gasteiger partial charge in [-0.3, -0.25) is 0 Å². The second-order valence-corrected chi connectivity index (χ2v) is 5.40. The van der Waals surface area contributed by atoms with Crippen LogP contribution in [-0.4, -0.2) is 33.4 Å². The van der Waals surface area contributed by atoms with Gasteiger partial charge in [0.25, 0.3) is 0 Å². The van der Waals surface area contributed by atoms with E-state index in [4.69, 9.17) is 10.00 Å². The van der Waals surface area contributed by atoms with Crippen LogP contribution in [0.4, 0.5) is 0 Å². The van der Waals surface area contributed by atoms with Gasteiger partial charge >= 0.3 is 0 Å². The molecule has 0 amide bonds. The second kappa shape index (κ2) is 6.05. The fraction of sp³-hybridized carbons (Fsp3) is 0.889. The summed E-state index contributed by atoms with van der Waals surface area (Å²) in [5, 5.41) is 8.23. The van der Waals surface area contributed by atoms with Gasteiger partial charge in [-0.05, 0) is 12.8 Å². The molecular weight excluding hydrogens is 216 g/mol. The highest BCUT2D eigenvalue weighted by molar-refractivity contribution is 7.89. The van der Waals surface area contributed by atoms with Crippen LogP contribution < -0.4 is 4.72 Å². The predicted molar refractivity (Wildman–Crippen MR) is 55.6 cm³/mol. The van der Waals surface area contributed by atoms with E-state index in [1.165, 1.54) is 12.8 Å². The van der Waals surface area contributed by atoms with Gasteiger partial charge in [-0.25, -0.2) is 13.1 Å². The smallest absolute Gasteiger partial charge is 0.225 e. The highest BCUT2D eigenvalue weighted by atomic mass is 32.2. The molecule has 0 aromatic heterocycles. The Hall–Kier alpha value is -0.640. The molecule has 0 aromatic carbocycles. The first-order chi connectivity index (χ1) is 7.14. The molecular formula is C9H16N2O3S. The summed E-state index contributed by atoms with van der Waals surface area (Å²) in [5.74, 6) is -0.490. The SMILES string of the molecule is N#CCS(=O)(=O)NCCOC1CCCC1. The lowest BCUT2D eigenvalue weighted by molar-refractivity contribution is 0.0626. The van der Waals surface area contributed by atoms with E-state index < -0.39 is 15.8 Å². The van der Waals surface area contributed by atoms with Crippen molar-refractivity contribution in [1.29, 1.82) is 5.26 Å². The molecule has 86 valence electrons. The summed E-state index contributed by atoms with van der Waals surface area (Å²) in [6.07, 6.45) is 4.84. The zero-order valence-corrected chi connectivity index (χ0v) is 9.42. The number of nitrogens with one attached hydrogen (secondary N) is 1. The van der Waals surface area contributed by atoms with E-state index in [0.717, 1.165) is 12.8 Å². The quantitative estimate of drug-likeness (QED) is 0.672. The number of nitriles is 1. The van der Waals surface area contributed by atoms with E-state index in [1.54, 1.807) is 6.07 Å². The van der Waals surface area contributed by atoms with E-state index in [-0.39, 0.29) is 6.54 Å². The summed E-state index contributed by atoms with van der Waals surface area (Å²) in [6.45, 7) is 0.635. The third-order valence-corrected chi connectivity index (χ3v) is 3.49. The maximum atomic E-state index is 11.0. The maximum Gasteiger partial charge on any atom is 0.225 e. The van der Waals surface area contributed by atoms with Gasteiger partial charge in [0.05, 0.1) is 18.8 Å². The van der Waals surface area contributed by atoms with E-state index in [2.05, 4.69) is 4.72 Å². The Kier molecular flexibility index (Phi) is 5.02. The molecule has 1 aliphatic rings. The number of sulfonamides is 1. The largest absolute Gasteiger partial charge is 0.377 e. The lowest BCUT2D eigenvalue weighted by atomic mass is 10.3. The average Bonchev–Trinajstić information content (AvgIpc) is 2.65. The summed E-state index contributed by atoms with van der Waals surface area (Å²) in [7, 11) is -3.42. The topological polar surface area (TPSA) is 79.2 Å². The van der Waals surface area contributed by atoms with Crippen LogP contribution in [-0.2, 0) is 14.8 Å². The molecule has 1 saturated carbocycles. The first-order valence-corrected chi connectivity index (χ1v) is 6.75. The summed E-state index contributed by atoms with van der Waals surface area (Å²) in [6, 6.07) is 1.60. The van der Waals surface area contributed by atoms with E-state index in [9.17, 15) is 8.42 Å². The number of hydrogen-bond donors (Lipinski definition) is 1. The van der Waals surface area contributed by atoms with Crippen molar-refractivity contribution < 1.29 is 13.2 Å². The molecule has 15 heavy (non-hydrogen) atoms. The summed E-state index contributed by atoms with van der Waals surface area (Å²) >= 11 is 0. The van der Waals surface area contributed by atoms with Gasteiger partial charge in [-0.1, -0.05) is 12.8 Å². The van der Waals surface area contributed by atoms with Crippen LogP contribution in [0.25, 0.3) is 0 Å². The number of ether oxygens (including phenoxy) is 1. The standard InChI is InChI=1S/C9H16N2O3S/c10-5-8-15(12,13)11-6-7-14-9-3-1-2-4-9/h9,11H,1-4,6-8H2. The van der Waals surface area contributed by atoms with Gasteiger partial charge in [0.15, 0.2) is 5.75 Å². The Bertz CT molecular complexity index is 315. The number of rotatable bonds is 6. The third kappa shape index (κ3) is 5.11. The van der Waals surface area contributed by atoms with Crippen LogP contribution in [0.1, 0.15) is 25.7 Å². The highest BCUT2D eigenvalue weighted by Crippen LogP contribution is 2.20. The zero-order chi connectivity index (χ0) is 11.1. The molecule has 1 N–H and O–H groups in total. The molecule has 0 radical (unpaired) electrons. The highest BCUT2D eigenvalue weighted by Gasteiger charge is 2.15. The Balaban J connectivity index is 2.08. The van der Waals surface area contributed by atoms with Crippen molar-refractivity contribution in [2.75, 3.05) is 18.9 Å². The molecule has 0 heterocycles. The van der Waals surface area contributed by atoms with Crippen LogP contribution >= 0.6 is 0 Å².